The minimum absolute atomic E-state index is 0. The summed E-state index contributed by atoms with van der Waals surface area (Å²) in [5.41, 5.74) is -0.0391. The van der Waals surface area contributed by atoms with Crippen molar-refractivity contribution < 1.29 is 4.79 Å². The van der Waals surface area contributed by atoms with Crippen LogP contribution < -0.4 is 16.0 Å². The smallest absolute Gasteiger partial charge is 0.227 e. The van der Waals surface area contributed by atoms with Crippen molar-refractivity contribution in [3.05, 3.63) is 0 Å². The maximum absolute atomic E-state index is 12.0. The third-order valence-electron chi connectivity index (χ3n) is 4.72. The summed E-state index contributed by atoms with van der Waals surface area (Å²) in [6, 6.07) is 0. The van der Waals surface area contributed by atoms with E-state index in [4.69, 9.17) is 0 Å². The third-order valence-corrected chi connectivity index (χ3v) is 4.72. The first-order valence-electron chi connectivity index (χ1n) is 8.69. The van der Waals surface area contributed by atoms with Gasteiger partial charge in [-0.3, -0.25) is 9.79 Å². The van der Waals surface area contributed by atoms with E-state index in [0.29, 0.717) is 18.5 Å². The Hall–Kier alpha value is -0.530. The molecule has 0 spiro atoms. The van der Waals surface area contributed by atoms with Crippen LogP contribution in [0, 0.1) is 10.8 Å². The standard InChI is InChI=1S/C17H34N4O.HI/c1-6-17(10-9-11-17)13-21-15(19-8-3)20-12-16(4,5)14(22)18-7-2;/h6-13H2,1-5H3,(H,18,22)(H2,19,20,21);1H. The summed E-state index contributed by atoms with van der Waals surface area (Å²) in [6.45, 7) is 13.1. The number of nitrogens with zero attached hydrogens (tertiary/aromatic N) is 1. The van der Waals surface area contributed by atoms with Crippen LogP contribution in [0.25, 0.3) is 0 Å². The minimum atomic E-state index is -0.489. The summed E-state index contributed by atoms with van der Waals surface area (Å²) in [5, 5.41) is 9.62. The number of carbonyl (C=O) groups is 1. The largest absolute Gasteiger partial charge is 0.357 e. The molecule has 0 unspecified atom stereocenters. The highest BCUT2D eigenvalue weighted by molar-refractivity contribution is 14.0. The van der Waals surface area contributed by atoms with Gasteiger partial charge >= 0.3 is 0 Å². The van der Waals surface area contributed by atoms with Gasteiger partial charge in [-0.25, -0.2) is 0 Å². The first-order chi connectivity index (χ1) is 10.4. The van der Waals surface area contributed by atoms with Gasteiger partial charge in [0.1, 0.15) is 0 Å². The Bertz CT molecular complexity index is 387. The van der Waals surface area contributed by atoms with Crippen LogP contribution in [0.4, 0.5) is 0 Å². The molecule has 0 saturated heterocycles. The molecule has 1 aliphatic rings. The zero-order valence-corrected chi connectivity index (χ0v) is 17.8. The predicted octanol–water partition coefficient (Wildman–Crippen LogP) is 2.90. The van der Waals surface area contributed by atoms with Gasteiger partial charge in [-0.2, -0.15) is 0 Å². The summed E-state index contributed by atoms with van der Waals surface area (Å²) in [5.74, 6) is 0.873. The first kappa shape index (κ1) is 22.5. The summed E-state index contributed by atoms with van der Waals surface area (Å²) in [6.07, 6.45) is 5.16. The second-order valence-electron chi connectivity index (χ2n) is 7.00. The molecule has 0 atom stereocenters. The number of halogens is 1. The number of hydrogen-bond acceptors (Lipinski definition) is 2. The molecule has 0 radical (unpaired) electrons. The minimum Gasteiger partial charge on any atom is -0.357 e. The number of amides is 1. The highest BCUT2D eigenvalue weighted by atomic mass is 127. The molecule has 1 saturated carbocycles. The van der Waals surface area contributed by atoms with E-state index in [1.54, 1.807) is 0 Å². The maximum atomic E-state index is 12.0. The molecule has 1 rings (SSSR count). The van der Waals surface area contributed by atoms with E-state index >= 15 is 0 Å². The fourth-order valence-electron chi connectivity index (χ4n) is 2.69. The van der Waals surface area contributed by atoms with Crippen LogP contribution >= 0.6 is 24.0 Å². The van der Waals surface area contributed by atoms with Crippen molar-refractivity contribution in [2.75, 3.05) is 26.2 Å². The van der Waals surface area contributed by atoms with Crippen LogP contribution in [0.15, 0.2) is 4.99 Å². The highest BCUT2D eigenvalue weighted by Crippen LogP contribution is 2.42. The van der Waals surface area contributed by atoms with Gasteiger partial charge in [0, 0.05) is 19.6 Å². The van der Waals surface area contributed by atoms with Crippen molar-refractivity contribution in [1.29, 1.82) is 0 Å². The number of guanidine groups is 1. The Morgan fingerprint density at radius 2 is 1.70 bits per heavy atom. The molecule has 0 aromatic carbocycles. The Morgan fingerprint density at radius 3 is 2.13 bits per heavy atom. The van der Waals surface area contributed by atoms with E-state index in [0.717, 1.165) is 19.0 Å². The van der Waals surface area contributed by atoms with Gasteiger partial charge < -0.3 is 16.0 Å². The second kappa shape index (κ2) is 10.4. The Labute approximate surface area is 158 Å². The molecule has 1 amide bonds. The van der Waals surface area contributed by atoms with Crippen molar-refractivity contribution >= 4 is 35.8 Å². The topological polar surface area (TPSA) is 65.5 Å². The number of hydrogen-bond donors (Lipinski definition) is 3. The zero-order valence-electron chi connectivity index (χ0n) is 15.4. The lowest BCUT2D eigenvalue weighted by Crippen LogP contribution is -2.47. The molecule has 6 heteroatoms. The summed E-state index contributed by atoms with van der Waals surface area (Å²) in [4.78, 5) is 16.7. The van der Waals surface area contributed by atoms with Crippen molar-refractivity contribution in [3.63, 3.8) is 0 Å². The van der Waals surface area contributed by atoms with Gasteiger partial charge in [0.05, 0.1) is 12.0 Å². The van der Waals surface area contributed by atoms with Crippen molar-refractivity contribution in [2.24, 2.45) is 15.8 Å². The third kappa shape index (κ3) is 6.85. The molecule has 0 aromatic rings. The van der Waals surface area contributed by atoms with E-state index in [1.165, 1.54) is 25.7 Å². The summed E-state index contributed by atoms with van der Waals surface area (Å²) in [7, 11) is 0. The fourth-order valence-corrected chi connectivity index (χ4v) is 2.69. The van der Waals surface area contributed by atoms with E-state index < -0.39 is 5.41 Å². The van der Waals surface area contributed by atoms with Crippen molar-refractivity contribution in [2.45, 2.75) is 60.3 Å². The van der Waals surface area contributed by atoms with Crippen molar-refractivity contribution in [3.8, 4) is 0 Å². The lowest BCUT2D eigenvalue weighted by Gasteiger charge is -2.41. The molecule has 23 heavy (non-hydrogen) atoms. The van der Waals surface area contributed by atoms with E-state index in [9.17, 15) is 4.79 Å². The number of aliphatic imine (C=N–C) groups is 1. The second-order valence-corrected chi connectivity index (χ2v) is 7.00. The van der Waals surface area contributed by atoms with E-state index in [1.807, 2.05) is 20.8 Å². The van der Waals surface area contributed by atoms with Crippen LogP contribution in [0.5, 0.6) is 0 Å². The molecular weight excluding hydrogens is 403 g/mol. The molecule has 0 heterocycles. The summed E-state index contributed by atoms with van der Waals surface area (Å²) < 4.78 is 0. The molecular formula is C17H35IN4O. The number of carbonyl (C=O) groups excluding carboxylic acids is 1. The average molecular weight is 438 g/mol. The lowest BCUT2D eigenvalue weighted by molar-refractivity contribution is -0.128. The maximum Gasteiger partial charge on any atom is 0.227 e. The lowest BCUT2D eigenvalue weighted by atomic mass is 9.67. The van der Waals surface area contributed by atoms with Crippen LogP contribution in [-0.4, -0.2) is 38.0 Å². The predicted molar refractivity (Wildman–Crippen MR) is 108 cm³/mol. The quantitative estimate of drug-likeness (QED) is 0.310. The van der Waals surface area contributed by atoms with Crippen LogP contribution in [0.1, 0.15) is 60.3 Å². The molecule has 136 valence electrons. The molecule has 0 aliphatic heterocycles. The van der Waals surface area contributed by atoms with E-state index in [2.05, 4.69) is 34.8 Å². The van der Waals surface area contributed by atoms with Crippen LogP contribution in [0.3, 0.4) is 0 Å². The van der Waals surface area contributed by atoms with Gasteiger partial charge in [-0.1, -0.05) is 13.3 Å². The fraction of sp³-hybridized carbons (Fsp3) is 0.882. The molecule has 1 aliphatic carbocycles. The van der Waals surface area contributed by atoms with Gasteiger partial charge in [0.2, 0.25) is 5.91 Å². The molecule has 0 aromatic heterocycles. The molecule has 1 fully saturated rings. The van der Waals surface area contributed by atoms with Crippen LogP contribution in [-0.2, 0) is 4.79 Å². The molecule has 0 bridgehead atoms. The Morgan fingerprint density at radius 1 is 1.09 bits per heavy atom. The number of nitrogens with one attached hydrogen (secondary N) is 3. The molecule has 5 nitrogen and oxygen atoms in total. The highest BCUT2D eigenvalue weighted by Gasteiger charge is 2.35. The van der Waals surface area contributed by atoms with Gasteiger partial charge in [-0.05, 0) is 52.4 Å². The summed E-state index contributed by atoms with van der Waals surface area (Å²) >= 11 is 0. The van der Waals surface area contributed by atoms with Gasteiger partial charge in [0.15, 0.2) is 5.96 Å². The van der Waals surface area contributed by atoms with Crippen LogP contribution in [0.2, 0.25) is 0 Å². The average Bonchev–Trinajstić information content (AvgIpc) is 2.44. The number of rotatable bonds is 8. The Balaban J connectivity index is 0.00000484. The SMILES string of the molecule is CCNC(=O)C(C)(C)CN=C(NCC)NCC1(CC)CCC1.I. The zero-order chi connectivity index (χ0) is 16.6. The van der Waals surface area contributed by atoms with Gasteiger partial charge in [0.25, 0.3) is 0 Å². The monoisotopic (exact) mass is 438 g/mol. The van der Waals surface area contributed by atoms with E-state index in [-0.39, 0.29) is 29.9 Å². The molecule has 3 N–H and O–H groups in total. The normalized spacial score (nSPS) is 16.8. The first-order valence-corrected chi connectivity index (χ1v) is 8.69. The van der Waals surface area contributed by atoms with Crippen molar-refractivity contribution in [1.82, 2.24) is 16.0 Å². The van der Waals surface area contributed by atoms with Gasteiger partial charge in [-0.15, -0.1) is 24.0 Å². The Kier molecular flexibility index (Phi) is 10.1.